The molecule has 0 atom stereocenters. The molecule has 0 radical (unpaired) electrons. The third kappa shape index (κ3) is 5.79. The topological polar surface area (TPSA) is 89.6 Å². The number of thiazole rings is 1. The summed E-state index contributed by atoms with van der Waals surface area (Å²) < 4.78 is 11.0. The van der Waals surface area contributed by atoms with Gasteiger partial charge in [-0.3, -0.25) is 9.59 Å². The Balaban J connectivity index is 1.38. The lowest BCUT2D eigenvalue weighted by Crippen LogP contribution is -2.14. The quantitative estimate of drug-likeness (QED) is 0.351. The Labute approximate surface area is 201 Å². The summed E-state index contributed by atoms with van der Waals surface area (Å²) >= 11 is 1.55. The van der Waals surface area contributed by atoms with Crippen LogP contribution in [0.2, 0.25) is 0 Å². The summed E-state index contributed by atoms with van der Waals surface area (Å²) in [5.41, 5.74) is 2.93. The van der Waals surface area contributed by atoms with Crippen molar-refractivity contribution in [1.82, 2.24) is 4.98 Å². The molecule has 0 saturated carbocycles. The predicted molar refractivity (Wildman–Crippen MR) is 133 cm³/mol. The van der Waals surface area contributed by atoms with Crippen LogP contribution in [-0.2, 0) is 6.61 Å². The molecule has 4 rings (SSSR count). The lowest BCUT2D eigenvalue weighted by molar-refractivity contribution is 0.101. The van der Waals surface area contributed by atoms with Crippen molar-refractivity contribution >= 4 is 34.5 Å². The van der Waals surface area contributed by atoms with E-state index in [4.69, 9.17) is 9.47 Å². The van der Waals surface area contributed by atoms with E-state index in [1.165, 1.54) is 0 Å². The minimum atomic E-state index is -0.305. The third-order valence-corrected chi connectivity index (χ3v) is 5.75. The molecule has 0 spiro atoms. The number of ether oxygens (including phenoxy) is 2. The fraction of sp³-hybridized carbons (Fsp3) is 0.115. The molecule has 7 nitrogen and oxygen atoms in total. The normalized spacial score (nSPS) is 10.4. The van der Waals surface area contributed by atoms with Crippen molar-refractivity contribution in [1.29, 1.82) is 0 Å². The van der Waals surface area contributed by atoms with Gasteiger partial charge in [0.05, 0.1) is 23.4 Å². The predicted octanol–water partition coefficient (Wildman–Crippen LogP) is 5.54. The van der Waals surface area contributed by atoms with Crippen LogP contribution in [0.25, 0.3) is 0 Å². The molecule has 34 heavy (non-hydrogen) atoms. The molecule has 3 aromatic carbocycles. The van der Waals surface area contributed by atoms with Crippen molar-refractivity contribution in [3.63, 3.8) is 0 Å². The highest BCUT2D eigenvalue weighted by Gasteiger charge is 2.14. The van der Waals surface area contributed by atoms with Gasteiger partial charge in [0.15, 0.2) is 0 Å². The van der Waals surface area contributed by atoms with Gasteiger partial charge >= 0.3 is 0 Å². The number of nitrogens with one attached hydrogen (secondary N) is 2. The summed E-state index contributed by atoms with van der Waals surface area (Å²) in [7, 11) is 1.59. The SMILES string of the molecule is COc1ccc(NC(=O)c2ccc(NC(=O)c3ccccc3OCc3csc(C)n3)cc2)cc1. The van der Waals surface area contributed by atoms with E-state index in [0.29, 0.717) is 34.0 Å². The highest BCUT2D eigenvalue weighted by Crippen LogP contribution is 2.22. The molecular formula is C26H23N3O4S. The average Bonchev–Trinajstić information content (AvgIpc) is 3.28. The van der Waals surface area contributed by atoms with E-state index in [1.54, 1.807) is 85.2 Å². The summed E-state index contributed by atoms with van der Waals surface area (Å²) in [5.74, 6) is 0.629. The van der Waals surface area contributed by atoms with Gasteiger partial charge < -0.3 is 20.1 Å². The van der Waals surface area contributed by atoms with Crippen molar-refractivity contribution < 1.29 is 19.1 Å². The van der Waals surface area contributed by atoms with E-state index in [9.17, 15) is 9.59 Å². The highest BCUT2D eigenvalue weighted by atomic mass is 32.1. The molecule has 0 fully saturated rings. The number of nitrogens with zero attached hydrogens (tertiary/aromatic N) is 1. The second-order valence-corrected chi connectivity index (χ2v) is 8.42. The summed E-state index contributed by atoms with van der Waals surface area (Å²) in [6, 6.07) is 20.8. The first-order valence-electron chi connectivity index (χ1n) is 10.5. The first-order valence-corrected chi connectivity index (χ1v) is 11.4. The van der Waals surface area contributed by atoms with Crippen LogP contribution in [-0.4, -0.2) is 23.9 Å². The molecule has 172 valence electrons. The maximum atomic E-state index is 12.9. The van der Waals surface area contributed by atoms with Gasteiger partial charge in [0.25, 0.3) is 11.8 Å². The fourth-order valence-electron chi connectivity index (χ4n) is 3.19. The summed E-state index contributed by atoms with van der Waals surface area (Å²) in [5, 5.41) is 8.58. The fourth-order valence-corrected chi connectivity index (χ4v) is 3.78. The number of carbonyl (C=O) groups is 2. The summed E-state index contributed by atoms with van der Waals surface area (Å²) in [6.45, 7) is 2.22. The molecule has 2 N–H and O–H groups in total. The molecule has 1 heterocycles. The Hall–Kier alpha value is -4.17. The van der Waals surface area contributed by atoms with Crippen molar-refractivity contribution in [2.24, 2.45) is 0 Å². The van der Waals surface area contributed by atoms with Gasteiger partial charge in [-0.25, -0.2) is 4.98 Å². The van der Waals surface area contributed by atoms with Crippen LogP contribution < -0.4 is 20.1 Å². The van der Waals surface area contributed by atoms with Gasteiger partial charge in [-0.2, -0.15) is 0 Å². The first-order chi connectivity index (χ1) is 16.5. The summed E-state index contributed by atoms with van der Waals surface area (Å²) in [6.07, 6.45) is 0. The van der Waals surface area contributed by atoms with E-state index in [1.807, 2.05) is 18.4 Å². The highest BCUT2D eigenvalue weighted by molar-refractivity contribution is 7.09. The van der Waals surface area contributed by atoms with Crippen LogP contribution in [0, 0.1) is 6.92 Å². The van der Waals surface area contributed by atoms with Crippen LogP contribution in [0.15, 0.2) is 78.2 Å². The molecule has 0 unspecified atom stereocenters. The van der Waals surface area contributed by atoms with Crippen LogP contribution in [0.1, 0.15) is 31.4 Å². The van der Waals surface area contributed by atoms with E-state index < -0.39 is 0 Å². The zero-order chi connectivity index (χ0) is 23.9. The van der Waals surface area contributed by atoms with E-state index in [2.05, 4.69) is 15.6 Å². The van der Waals surface area contributed by atoms with E-state index in [-0.39, 0.29) is 18.4 Å². The van der Waals surface area contributed by atoms with Gasteiger partial charge in [-0.05, 0) is 67.6 Å². The van der Waals surface area contributed by atoms with Crippen molar-refractivity contribution in [2.75, 3.05) is 17.7 Å². The lowest BCUT2D eigenvalue weighted by atomic mass is 10.1. The number of rotatable bonds is 8. The zero-order valence-corrected chi connectivity index (χ0v) is 19.5. The minimum absolute atomic E-state index is 0.251. The molecule has 0 aliphatic carbocycles. The van der Waals surface area contributed by atoms with Crippen molar-refractivity contribution in [3.8, 4) is 11.5 Å². The largest absolute Gasteiger partial charge is 0.497 e. The number of aromatic nitrogens is 1. The monoisotopic (exact) mass is 473 g/mol. The van der Waals surface area contributed by atoms with E-state index in [0.717, 1.165) is 10.7 Å². The second-order valence-electron chi connectivity index (χ2n) is 7.36. The zero-order valence-electron chi connectivity index (χ0n) is 18.7. The Morgan fingerprint density at radius 3 is 2.18 bits per heavy atom. The molecule has 0 aliphatic heterocycles. The minimum Gasteiger partial charge on any atom is -0.497 e. The van der Waals surface area contributed by atoms with Gasteiger partial charge in [-0.1, -0.05) is 12.1 Å². The lowest BCUT2D eigenvalue weighted by Gasteiger charge is -2.11. The molecule has 2 amide bonds. The Morgan fingerprint density at radius 2 is 1.53 bits per heavy atom. The number of hydrogen-bond acceptors (Lipinski definition) is 6. The van der Waals surface area contributed by atoms with Gasteiger partial charge in [-0.15, -0.1) is 11.3 Å². The molecule has 0 aliphatic rings. The molecular weight excluding hydrogens is 450 g/mol. The van der Waals surface area contributed by atoms with Crippen molar-refractivity contribution in [3.05, 3.63) is 100 Å². The number of hydrogen-bond donors (Lipinski definition) is 2. The van der Waals surface area contributed by atoms with Crippen LogP contribution in [0.4, 0.5) is 11.4 Å². The first kappa shape index (κ1) is 23.0. The molecule has 8 heteroatoms. The second kappa shape index (κ2) is 10.6. The Bertz CT molecular complexity index is 1280. The standard InChI is InChI=1S/C26H23N3O4S/c1-17-27-21(16-34-17)15-33-24-6-4-3-5-23(24)26(31)29-19-9-7-18(8-10-19)25(30)28-20-11-13-22(32-2)14-12-20/h3-14,16H,15H2,1-2H3,(H,28,30)(H,29,31). The maximum absolute atomic E-state index is 12.9. The Kier molecular flexibility index (Phi) is 7.19. The van der Waals surface area contributed by atoms with E-state index >= 15 is 0 Å². The average molecular weight is 474 g/mol. The Morgan fingerprint density at radius 1 is 0.882 bits per heavy atom. The maximum Gasteiger partial charge on any atom is 0.259 e. The number of methoxy groups -OCH3 is 1. The molecule has 1 aromatic heterocycles. The number of amides is 2. The number of benzene rings is 3. The van der Waals surface area contributed by atoms with Crippen molar-refractivity contribution in [2.45, 2.75) is 13.5 Å². The molecule has 0 bridgehead atoms. The third-order valence-electron chi connectivity index (χ3n) is 4.93. The molecule has 4 aromatic rings. The van der Waals surface area contributed by atoms with Crippen LogP contribution in [0.5, 0.6) is 11.5 Å². The van der Waals surface area contributed by atoms with Crippen LogP contribution in [0.3, 0.4) is 0 Å². The van der Waals surface area contributed by atoms with Crippen LogP contribution >= 0.6 is 11.3 Å². The number of aryl methyl sites for hydroxylation is 1. The smallest absolute Gasteiger partial charge is 0.259 e. The number of anilines is 2. The van der Waals surface area contributed by atoms with Gasteiger partial charge in [0.2, 0.25) is 0 Å². The van der Waals surface area contributed by atoms with Gasteiger partial charge in [0.1, 0.15) is 18.1 Å². The number of carbonyl (C=O) groups excluding carboxylic acids is 2. The molecule has 0 saturated heterocycles. The number of para-hydroxylation sites is 1. The summed E-state index contributed by atoms with van der Waals surface area (Å²) in [4.78, 5) is 29.8. The van der Waals surface area contributed by atoms with Gasteiger partial charge in [0, 0.05) is 22.3 Å².